The van der Waals surface area contributed by atoms with Crippen LogP contribution in [-0.2, 0) is 11.3 Å². The fourth-order valence-electron chi connectivity index (χ4n) is 2.04. The van der Waals surface area contributed by atoms with E-state index in [1.807, 2.05) is 18.2 Å². The third-order valence-electron chi connectivity index (χ3n) is 3.31. The van der Waals surface area contributed by atoms with Gasteiger partial charge in [-0.3, -0.25) is 9.78 Å². The van der Waals surface area contributed by atoms with Gasteiger partial charge in [0, 0.05) is 18.3 Å². The maximum atomic E-state index is 12.8. The monoisotopic (exact) mass is 326 g/mol. The second-order valence-corrected chi connectivity index (χ2v) is 5.08. The van der Waals surface area contributed by atoms with E-state index in [1.54, 1.807) is 18.7 Å². The van der Waals surface area contributed by atoms with E-state index in [4.69, 9.17) is 9.15 Å². The normalized spacial score (nSPS) is 10.4. The summed E-state index contributed by atoms with van der Waals surface area (Å²) >= 11 is 0. The van der Waals surface area contributed by atoms with Gasteiger partial charge in [-0.1, -0.05) is 6.07 Å². The summed E-state index contributed by atoms with van der Waals surface area (Å²) < 4.78 is 23.1. The van der Waals surface area contributed by atoms with Crippen molar-refractivity contribution in [1.82, 2.24) is 10.3 Å². The Morgan fingerprint density at radius 1 is 1.17 bits per heavy atom. The second-order valence-electron chi connectivity index (χ2n) is 5.08. The highest BCUT2D eigenvalue weighted by molar-refractivity contribution is 5.77. The number of nitrogens with zero attached hydrogens (tertiary/aromatic N) is 1. The molecule has 0 spiro atoms. The Morgan fingerprint density at radius 3 is 2.67 bits per heavy atom. The first-order valence-corrected chi connectivity index (χ1v) is 7.33. The van der Waals surface area contributed by atoms with Crippen LogP contribution >= 0.6 is 0 Å². The molecule has 0 saturated carbocycles. The highest BCUT2D eigenvalue weighted by Crippen LogP contribution is 2.17. The number of benzene rings is 1. The maximum Gasteiger partial charge on any atom is 0.258 e. The lowest BCUT2D eigenvalue weighted by molar-refractivity contribution is -0.123. The van der Waals surface area contributed by atoms with Gasteiger partial charge in [-0.05, 0) is 42.0 Å². The fourth-order valence-corrected chi connectivity index (χ4v) is 2.04. The SMILES string of the molecule is O=C(COc1ccc(F)cc1)NCc1ccc(-c2ccoc2)nc1. The Labute approximate surface area is 138 Å². The highest BCUT2D eigenvalue weighted by atomic mass is 19.1. The number of amides is 1. The maximum absolute atomic E-state index is 12.8. The molecule has 3 aromatic rings. The molecule has 1 amide bonds. The molecule has 0 atom stereocenters. The average Bonchev–Trinajstić information content (AvgIpc) is 3.14. The van der Waals surface area contributed by atoms with Crippen molar-refractivity contribution >= 4 is 5.91 Å². The van der Waals surface area contributed by atoms with Crippen LogP contribution < -0.4 is 10.1 Å². The van der Waals surface area contributed by atoms with Crippen molar-refractivity contribution in [1.29, 1.82) is 0 Å². The Kier molecular flexibility index (Phi) is 4.86. The molecule has 0 bridgehead atoms. The van der Waals surface area contributed by atoms with E-state index in [2.05, 4.69) is 10.3 Å². The predicted molar refractivity (Wildman–Crippen MR) is 85.7 cm³/mol. The van der Waals surface area contributed by atoms with Crippen LogP contribution in [0.25, 0.3) is 11.3 Å². The molecule has 0 radical (unpaired) electrons. The highest BCUT2D eigenvalue weighted by Gasteiger charge is 2.05. The molecule has 5 nitrogen and oxygen atoms in total. The van der Waals surface area contributed by atoms with Gasteiger partial charge in [-0.15, -0.1) is 0 Å². The molecule has 24 heavy (non-hydrogen) atoms. The molecule has 2 aromatic heterocycles. The van der Waals surface area contributed by atoms with Crippen molar-refractivity contribution in [2.24, 2.45) is 0 Å². The molecule has 2 heterocycles. The van der Waals surface area contributed by atoms with Gasteiger partial charge < -0.3 is 14.5 Å². The van der Waals surface area contributed by atoms with Gasteiger partial charge in [-0.2, -0.15) is 0 Å². The topological polar surface area (TPSA) is 64.4 Å². The van der Waals surface area contributed by atoms with Gasteiger partial charge in [0.2, 0.25) is 0 Å². The summed E-state index contributed by atoms with van der Waals surface area (Å²) in [7, 11) is 0. The molecular weight excluding hydrogens is 311 g/mol. The Morgan fingerprint density at radius 2 is 2.00 bits per heavy atom. The fraction of sp³-hybridized carbons (Fsp3) is 0.111. The third kappa shape index (κ3) is 4.19. The lowest BCUT2D eigenvalue weighted by Gasteiger charge is -2.08. The number of hydrogen-bond acceptors (Lipinski definition) is 4. The largest absolute Gasteiger partial charge is 0.484 e. The number of aromatic nitrogens is 1. The molecule has 122 valence electrons. The Hall–Kier alpha value is -3.15. The number of hydrogen-bond donors (Lipinski definition) is 1. The lowest BCUT2D eigenvalue weighted by Crippen LogP contribution is -2.28. The summed E-state index contributed by atoms with van der Waals surface area (Å²) in [4.78, 5) is 16.1. The third-order valence-corrected chi connectivity index (χ3v) is 3.31. The van der Waals surface area contributed by atoms with E-state index in [-0.39, 0.29) is 18.3 Å². The van der Waals surface area contributed by atoms with Crippen molar-refractivity contribution < 1.29 is 18.3 Å². The molecule has 0 saturated heterocycles. The molecule has 0 unspecified atom stereocenters. The number of carbonyl (C=O) groups excluding carboxylic acids is 1. The molecular formula is C18H15FN2O3. The summed E-state index contributed by atoms with van der Waals surface area (Å²) in [5, 5.41) is 2.74. The standard InChI is InChI=1S/C18H15FN2O3/c19-15-2-4-16(5-3-15)24-12-18(22)21-10-13-1-6-17(20-9-13)14-7-8-23-11-14/h1-9,11H,10,12H2,(H,21,22). The summed E-state index contributed by atoms with van der Waals surface area (Å²) in [6, 6.07) is 11.1. The van der Waals surface area contributed by atoms with Gasteiger partial charge in [0.05, 0.1) is 18.2 Å². The Balaban J connectivity index is 1.46. The minimum atomic E-state index is -0.349. The summed E-state index contributed by atoms with van der Waals surface area (Å²) in [5.41, 5.74) is 2.58. The van der Waals surface area contributed by atoms with Crippen molar-refractivity contribution in [2.45, 2.75) is 6.54 Å². The van der Waals surface area contributed by atoms with Crippen LogP contribution in [0.3, 0.4) is 0 Å². The summed E-state index contributed by atoms with van der Waals surface area (Å²) in [5.74, 6) is -0.172. The van der Waals surface area contributed by atoms with Crippen LogP contribution in [0.2, 0.25) is 0 Å². The van der Waals surface area contributed by atoms with Gasteiger partial charge in [0.1, 0.15) is 11.6 Å². The van der Waals surface area contributed by atoms with Crippen molar-refractivity contribution in [2.75, 3.05) is 6.61 Å². The average molecular weight is 326 g/mol. The molecule has 6 heteroatoms. The van der Waals surface area contributed by atoms with Crippen LogP contribution in [0.5, 0.6) is 5.75 Å². The van der Waals surface area contributed by atoms with Gasteiger partial charge in [-0.25, -0.2) is 4.39 Å². The zero-order valence-electron chi connectivity index (χ0n) is 12.7. The van der Waals surface area contributed by atoms with Gasteiger partial charge in [0.25, 0.3) is 5.91 Å². The number of nitrogens with one attached hydrogen (secondary N) is 1. The molecule has 3 rings (SSSR count). The second kappa shape index (κ2) is 7.41. The Bertz CT molecular complexity index is 784. The zero-order chi connectivity index (χ0) is 16.8. The molecule has 0 aliphatic carbocycles. The number of pyridine rings is 1. The van der Waals surface area contributed by atoms with E-state index in [0.717, 1.165) is 16.8 Å². The number of rotatable bonds is 6. The van der Waals surface area contributed by atoms with E-state index in [1.165, 1.54) is 24.3 Å². The van der Waals surface area contributed by atoms with E-state index in [0.29, 0.717) is 12.3 Å². The minimum Gasteiger partial charge on any atom is -0.484 e. The minimum absolute atomic E-state index is 0.133. The first-order chi connectivity index (χ1) is 11.7. The first kappa shape index (κ1) is 15.7. The van der Waals surface area contributed by atoms with E-state index < -0.39 is 0 Å². The number of carbonyl (C=O) groups is 1. The lowest BCUT2D eigenvalue weighted by atomic mass is 10.2. The van der Waals surface area contributed by atoms with Crippen molar-refractivity contribution in [3.05, 3.63) is 72.6 Å². The van der Waals surface area contributed by atoms with Crippen molar-refractivity contribution in [3.63, 3.8) is 0 Å². The van der Waals surface area contributed by atoms with E-state index in [9.17, 15) is 9.18 Å². The van der Waals surface area contributed by atoms with Crippen LogP contribution in [-0.4, -0.2) is 17.5 Å². The van der Waals surface area contributed by atoms with E-state index >= 15 is 0 Å². The smallest absolute Gasteiger partial charge is 0.258 e. The number of ether oxygens (including phenoxy) is 1. The quantitative estimate of drug-likeness (QED) is 0.756. The van der Waals surface area contributed by atoms with Crippen LogP contribution in [0.4, 0.5) is 4.39 Å². The predicted octanol–water partition coefficient (Wildman–Crippen LogP) is 3.18. The zero-order valence-corrected chi connectivity index (χ0v) is 12.7. The van der Waals surface area contributed by atoms with Gasteiger partial charge >= 0.3 is 0 Å². The van der Waals surface area contributed by atoms with Crippen molar-refractivity contribution in [3.8, 4) is 17.0 Å². The molecule has 0 aliphatic rings. The van der Waals surface area contributed by atoms with Gasteiger partial charge in [0.15, 0.2) is 6.61 Å². The van der Waals surface area contributed by atoms with Crippen LogP contribution in [0.15, 0.2) is 65.6 Å². The molecule has 0 aliphatic heterocycles. The number of furan rings is 1. The van der Waals surface area contributed by atoms with Crippen LogP contribution in [0, 0.1) is 5.82 Å². The molecule has 1 aromatic carbocycles. The molecule has 1 N–H and O–H groups in total. The molecule has 0 fully saturated rings. The summed E-state index contributed by atoms with van der Waals surface area (Å²) in [6.45, 7) is 0.219. The first-order valence-electron chi connectivity index (χ1n) is 7.33. The summed E-state index contributed by atoms with van der Waals surface area (Å²) in [6.07, 6.45) is 4.91. The number of halogens is 1. The van der Waals surface area contributed by atoms with Crippen LogP contribution in [0.1, 0.15) is 5.56 Å².